The Morgan fingerprint density at radius 1 is 0.429 bits per heavy atom. The van der Waals surface area contributed by atoms with Crippen LogP contribution in [0.15, 0.2) is 20.0 Å². The van der Waals surface area contributed by atoms with Gasteiger partial charge in [0.15, 0.2) is 0 Å². The van der Waals surface area contributed by atoms with E-state index in [1.807, 2.05) is 83.1 Å². The van der Waals surface area contributed by atoms with Crippen molar-refractivity contribution in [1.82, 2.24) is 0 Å². The quantitative estimate of drug-likeness (QED) is 0.141. The first-order chi connectivity index (χ1) is 24.4. The highest BCUT2D eigenvalue weighted by Gasteiger charge is 2.53. The zero-order valence-corrected chi connectivity index (χ0v) is 39.8. The largest absolute Gasteiger partial charge is 0.478 e. The fraction of sp³-hybridized carbons (Fsp3) is 0.857. The summed E-state index contributed by atoms with van der Waals surface area (Å²) in [5.74, 6) is -1.98. The standard InChI is InChI=1S/2C12H20N2O2.6C3H8O/c2*1-10(2,3)8-7-13-12(14-8,9(15)16)11(4,5)6;6*1-3(2)4/h2*7H,1-6H3,(H,15,16);6*3-4H,1-2H3. The molecule has 0 aromatic heterocycles. The topological polar surface area (TPSA) is 245 Å². The second-order valence-electron chi connectivity index (χ2n) is 19.0. The lowest BCUT2D eigenvalue weighted by molar-refractivity contribution is -0.147. The summed E-state index contributed by atoms with van der Waals surface area (Å²) in [6, 6.07) is 0. The number of aliphatic carboxylic acids is 2. The van der Waals surface area contributed by atoms with Crippen molar-refractivity contribution < 1.29 is 50.4 Å². The maximum atomic E-state index is 11.4. The molecule has 0 saturated carbocycles. The number of carboxylic acids is 2. The summed E-state index contributed by atoms with van der Waals surface area (Å²) in [7, 11) is 0. The van der Waals surface area contributed by atoms with Crippen molar-refractivity contribution in [3.05, 3.63) is 0 Å². The molecule has 336 valence electrons. The fourth-order valence-electron chi connectivity index (χ4n) is 3.07. The van der Waals surface area contributed by atoms with Crippen LogP contribution in [-0.2, 0) is 9.59 Å². The van der Waals surface area contributed by atoms with Crippen LogP contribution in [-0.4, -0.2) is 125 Å². The minimum absolute atomic E-state index is 0.167. The highest BCUT2D eigenvalue weighted by atomic mass is 16.4. The van der Waals surface area contributed by atoms with Crippen LogP contribution in [0.25, 0.3) is 0 Å². The molecule has 14 heteroatoms. The third-order valence-electron chi connectivity index (χ3n) is 5.54. The van der Waals surface area contributed by atoms with Gasteiger partial charge >= 0.3 is 11.9 Å². The molecule has 8 N–H and O–H groups in total. The van der Waals surface area contributed by atoms with Crippen molar-refractivity contribution in [2.75, 3.05) is 0 Å². The van der Waals surface area contributed by atoms with Crippen molar-refractivity contribution in [2.24, 2.45) is 41.6 Å². The third kappa shape index (κ3) is 34.6. The minimum atomic E-state index is -1.37. The van der Waals surface area contributed by atoms with Crippen molar-refractivity contribution in [3.63, 3.8) is 0 Å². The van der Waals surface area contributed by atoms with Crippen molar-refractivity contribution in [1.29, 1.82) is 0 Å². The number of hydrogen-bond donors (Lipinski definition) is 8. The summed E-state index contributed by atoms with van der Waals surface area (Å²) in [5, 5.41) is 67.1. The van der Waals surface area contributed by atoms with Crippen LogP contribution in [0.2, 0.25) is 0 Å². The average molecular weight is 809 g/mol. The molecule has 0 aromatic carbocycles. The zero-order chi connectivity index (χ0) is 47.0. The molecule has 14 nitrogen and oxygen atoms in total. The van der Waals surface area contributed by atoms with Gasteiger partial charge in [-0.1, -0.05) is 83.1 Å². The molecule has 56 heavy (non-hydrogen) atoms. The number of aliphatic hydroxyl groups is 6. The molecular formula is C42H88N4O10. The Kier molecular flexibility index (Phi) is 33.5. The Hall–Kier alpha value is -2.62. The van der Waals surface area contributed by atoms with E-state index in [0.717, 1.165) is 11.4 Å². The van der Waals surface area contributed by atoms with Crippen molar-refractivity contribution in [3.8, 4) is 0 Å². The van der Waals surface area contributed by atoms with Crippen LogP contribution >= 0.6 is 0 Å². The van der Waals surface area contributed by atoms with Gasteiger partial charge in [0.05, 0.1) is 11.4 Å². The maximum absolute atomic E-state index is 11.4. The smallest absolute Gasteiger partial charge is 0.354 e. The molecule has 2 aliphatic heterocycles. The van der Waals surface area contributed by atoms with Gasteiger partial charge in [0.1, 0.15) is 0 Å². The molecule has 0 aliphatic carbocycles. The number of nitrogens with zero attached hydrogens (tertiary/aromatic N) is 4. The highest BCUT2D eigenvalue weighted by molar-refractivity contribution is 6.35. The van der Waals surface area contributed by atoms with E-state index in [2.05, 4.69) is 20.0 Å². The lowest BCUT2D eigenvalue weighted by Crippen LogP contribution is -2.46. The van der Waals surface area contributed by atoms with Gasteiger partial charge < -0.3 is 40.9 Å². The summed E-state index contributed by atoms with van der Waals surface area (Å²) in [4.78, 5) is 39.9. The van der Waals surface area contributed by atoms with E-state index >= 15 is 0 Å². The zero-order valence-electron chi connectivity index (χ0n) is 39.8. The normalized spacial score (nSPS) is 18.6. The molecule has 0 radical (unpaired) electrons. The Bertz CT molecular complexity index is 1040. The van der Waals surface area contributed by atoms with E-state index in [-0.39, 0.29) is 47.5 Å². The number of aliphatic hydroxyl groups excluding tert-OH is 6. The number of carbonyl (C=O) groups is 2. The van der Waals surface area contributed by atoms with Crippen molar-refractivity contribution >= 4 is 35.8 Å². The number of carboxylic acid groups (broad SMARTS) is 2. The van der Waals surface area contributed by atoms with Crippen LogP contribution in [0, 0.1) is 21.7 Å². The van der Waals surface area contributed by atoms with Crippen LogP contribution in [0.1, 0.15) is 166 Å². The molecule has 0 saturated heterocycles. The van der Waals surface area contributed by atoms with Crippen LogP contribution < -0.4 is 0 Å². The summed E-state index contributed by atoms with van der Waals surface area (Å²) in [5.41, 5.74) is -2.68. The lowest BCUT2D eigenvalue weighted by atomic mass is 9.81. The predicted molar refractivity (Wildman–Crippen MR) is 235 cm³/mol. The Balaban J connectivity index is -0.000000143. The number of aliphatic imine (C=N–C) groups is 4. The summed E-state index contributed by atoms with van der Waals surface area (Å²) in [6.07, 6.45) is 2.19. The van der Waals surface area contributed by atoms with E-state index in [1.54, 1.807) is 95.5 Å². The molecule has 2 unspecified atom stereocenters. The molecule has 0 amide bonds. The van der Waals surface area contributed by atoms with Gasteiger partial charge in [0.25, 0.3) is 11.3 Å². The van der Waals surface area contributed by atoms with E-state index in [4.69, 9.17) is 30.6 Å². The molecular weight excluding hydrogens is 720 g/mol. The molecule has 0 fully saturated rings. The molecule has 2 rings (SSSR count). The van der Waals surface area contributed by atoms with E-state index in [1.165, 1.54) is 0 Å². The van der Waals surface area contributed by atoms with Crippen LogP contribution in [0.4, 0.5) is 0 Å². The van der Waals surface area contributed by atoms with Gasteiger partial charge in [-0.05, 0) is 83.1 Å². The average Bonchev–Trinajstić information content (AvgIpc) is 3.54. The predicted octanol–water partition coefficient (Wildman–Crippen LogP) is 7.09. The summed E-state index contributed by atoms with van der Waals surface area (Å²) in [6.45, 7) is 43.7. The Morgan fingerprint density at radius 2 is 0.571 bits per heavy atom. The van der Waals surface area contributed by atoms with E-state index in [0.29, 0.717) is 0 Å². The molecule has 0 aromatic rings. The SMILES string of the molecule is CC(C)(C)C1=NC(C(=O)O)(C(C)(C)C)N=C1.CC(C)(C)C1=NC(C(=O)O)(C(C)(C)C)N=C1.CC(C)O.CC(C)O.CC(C)O.CC(C)O.CC(C)O.CC(C)O. The van der Waals surface area contributed by atoms with Crippen LogP contribution in [0.3, 0.4) is 0 Å². The van der Waals surface area contributed by atoms with Crippen molar-refractivity contribution in [2.45, 2.75) is 214 Å². The lowest BCUT2D eigenvalue weighted by Gasteiger charge is -2.32. The first-order valence-corrected chi connectivity index (χ1v) is 19.3. The molecule has 0 spiro atoms. The van der Waals surface area contributed by atoms with E-state index < -0.39 is 34.1 Å². The Morgan fingerprint density at radius 3 is 0.625 bits per heavy atom. The van der Waals surface area contributed by atoms with E-state index in [9.17, 15) is 19.8 Å². The minimum Gasteiger partial charge on any atom is -0.478 e. The van der Waals surface area contributed by atoms with Gasteiger partial charge in [-0.2, -0.15) is 0 Å². The Labute approximate surface area is 341 Å². The summed E-state index contributed by atoms with van der Waals surface area (Å²) >= 11 is 0. The molecule has 2 aliphatic rings. The second kappa shape index (κ2) is 28.7. The van der Waals surface area contributed by atoms with Gasteiger partial charge in [0.2, 0.25) is 0 Å². The first kappa shape index (κ1) is 65.2. The van der Waals surface area contributed by atoms with Gasteiger partial charge in [-0.15, -0.1) is 0 Å². The van der Waals surface area contributed by atoms with Gasteiger partial charge in [-0.3, -0.25) is 0 Å². The number of rotatable bonds is 2. The monoisotopic (exact) mass is 809 g/mol. The first-order valence-electron chi connectivity index (χ1n) is 19.3. The molecule has 2 atom stereocenters. The third-order valence-corrected chi connectivity index (χ3v) is 5.54. The van der Waals surface area contributed by atoms with Gasteiger partial charge in [0, 0.05) is 70.7 Å². The maximum Gasteiger partial charge on any atom is 0.354 e. The fourth-order valence-corrected chi connectivity index (χ4v) is 3.07. The number of hydrogen-bond acceptors (Lipinski definition) is 12. The van der Waals surface area contributed by atoms with Crippen LogP contribution in [0.5, 0.6) is 0 Å². The molecule has 0 bridgehead atoms. The van der Waals surface area contributed by atoms with Gasteiger partial charge in [-0.25, -0.2) is 29.6 Å². The molecule has 2 heterocycles. The second-order valence-corrected chi connectivity index (χ2v) is 19.0. The summed E-state index contributed by atoms with van der Waals surface area (Å²) < 4.78 is 0. The highest BCUT2D eigenvalue weighted by Crippen LogP contribution is 2.40.